The number of carbonyl (C=O) groups is 1. The molecule has 138 valence electrons. The molecule has 0 aliphatic carbocycles. The standard InChI is InChI=1S/C19H23N3O3S/c23-18(21-7-5-13-2-1-6-20-10-13)9-15-11-26-19(22-15)14-3-4-16-17(8-14)25-12-24-16/h3-4,8,11,13,20H,1-2,5-7,9-10,12H2,(H,21,23). The van der Waals surface area contributed by atoms with E-state index in [2.05, 4.69) is 15.6 Å². The van der Waals surface area contributed by atoms with E-state index in [1.54, 1.807) is 11.3 Å². The molecule has 2 aromatic rings. The van der Waals surface area contributed by atoms with Crippen molar-refractivity contribution >= 4 is 17.2 Å². The second-order valence-corrected chi connectivity index (χ2v) is 7.60. The van der Waals surface area contributed by atoms with Gasteiger partial charge in [-0.2, -0.15) is 0 Å². The summed E-state index contributed by atoms with van der Waals surface area (Å²) in [6.45, 7) is 3.20. The van der Waals surface area contributed by atoms with Crippen molar-refractivity contribution in [3.63, 3.8) is 0 Å². The third kappa shape index (κ3) is 4.16. The van der Waals surface area contributed by atoms with E-state index in [1.807, 2.05) is 23.6 Å². The normalized spacial score (nSPS) is 18.7. The van der Waals surface area contributed by atoms with Crippen molar-refractivity contribution in [3.05, 3.63) is 29.3 Å². The minimum atomic E-state index is 0.0382. The van der Waals surface area contributed by atoms with E-state index in [9.17, 15) is 4.79 Å². The third-order valence-corrected chi connectivity index (χ3v) is 5.73. The molecule has 1 fully saturated rings. The smallest absolute Gasteiger partial charge is 0.231 e. The van der Waals surface area contributed by atoms with Gasteiger partial charge in [-0.3, -0.25) is 4.79 Å². The molecule has 3 heterocycles. The second kappa shape index (κ2) is 8.05. The lowest BCUT2D eigenvalue weighted by Gasteiger charge is -2.22. The fourth-order valence-electron chi connectivity index (χ4n) is 3.36. The lowest BCUT2D eigenvalue weighted by atomic mass is 9.96. The van der Waals surface area contributed by atoms with Crippen LogP contribution < -0.4 is 20.1 Å². The molecule has 1 unspecified atom stereocenters. The number of aromatic nitrogens is 1. The van der Waals surface area contributed by atoms with Crippen LogP contribution >= 0.6 is 11.3 Å². The Hall–Kier alpha value is -2.12. The number of hydrogen-bond acceptors (Lipinski definition) is 6. The first-order valence-electron chi connectivity index (χ1n) is 9.10. The summed E-state index contributed by atoms with van der Waals surface area (Å²) < 4.78 is 10.7. The Morgan fingerprint density at radius 3 is 3.15 bits per heavy atom. The van der Waals surface area contributed by atoms with Gasteiger partial charge in [-0.05, 0) is 56.5 Å². The molecule has 26 heavy (non-hydrogen) atoms. The lowest BCUT2D eigenvalue weighted by Crippen LogP contribution is -2.33. The van der Waals surface area contributed by atoms with Crippen molar-refractivity contribution in [2.45, 2.75) is 25.7 Å². The van der Waals surface area contributed by atoms with Crippen LogP contribution in [0.15, 0.2) is 23.6 Å². The minimum Gasteiger partial charge on any atom is -0.454 e. The largest absolute Gasteiger partial charge is 0.454 e. The number of ether oxygens (including phenoxy) is 2. The van der Waals surface area contributed by atoms with Gasteiger partial charge in [-0.25, -0.2) is 4.98 Å². The van der Waals surface area contributed by atoms with Crippen LogP contribution in [0.5, 0.6) is 11.5 Å². The quantitative estimate of drug-likeness (QED) is 0.814. The van der Waals surface area contributed by atoms with Crippen molar-refractivity contribution in [3.8, 4) is 22.1 Å². The van der Waals surface area contributed by atoms with Gasteiger partial charge in [-0.15, -0.1) is 11.3 Å². The third-order valence-electron chi connectivity index (χ3n) is 4.79. The minimum absolute atomic E-state index is 0.0382. The zero-order chi connectivity index (χ0) is 17.8. The van der Waals surface area contributed by atoms with Crippen LogP contribution in [0.25, 0.3) is 10.6 Å². The summed E-state index contributed by atoms with van der Waals surface area (Å²) in [6.07, 6.45) is 3.86. The summed E-state index contributed by atoms with van der Waals surface area (Å²) in [7, 11) is 0. The summed E-state index contributed by atoms with van der Waals surface area (Å²) in [6, 6.07) is 5.79. The van der Waals surface area contributed by atoms with Crippen LogP contribution in [0.4, 0.5) is 0 Å². The fraction of sp³-hybridized carbons (Fsp3) is 0.474. The first-order valence-corrected chi connectivity index (χ1v) is 9.98. The predicted molar refractivity (Wildman–Crippen MR) is 101 cm³/mol. The van der Waals surface area contributed by atoms with Crippen molar-refractivity contribution in [1.82, 2.24) is 15.6 Å². The van der Waals surface area contributed by atoms with Crippen LogP contribution in [0, 0.1) is 5.92 Å². The highest BCUT2D eigenvalue weighted by atomic mass is 32.1. The first kappa shape index (κ1) is 17.3. The van der Waals surface area contributed by atoms with Crippen molar-refractivity contribution in [2.75, 3.05) is 26.4 Å². The maximum Gasteiger partial charge on any atom is 0.231 e. The monoisotopic (exact) mass is 373 g/mol. The molecule has 1 saturated heterocycles. The van der Waals surface area contributed by atoms with Crippen LogP contribution in [0.1, 0.15) is 25.0 Å². The molecule has 0 radical (unpaired) electrons. The summed E-state index contributed by atoms with van der Waals surface area (Å²) in [5, 5.41) is 9.27. The lowest BCUT2D eigenvalue weighted by molar-refractivity contribution is -0.120. The number of rotatable bonds is 6. The Kier molecular flexibility index (Phi) is 5.36. The summed E-state index contributed by atoms with van der Waals surface area (Å²) >= 11 is 1.54. The average Bonchev–Trinajstić information content (AvgIpc) is 3.31. The Labute approximate surface area is 156 Å². The number of hydrogen-bond donors (Lipinski definition) is 2. The zero-order valence-corrected chi connectivity index (χ0v) is 15.4. The van der Waals surface area contributed by atoms with Gasteiger partial charge in [0.25, 0.3) is 0 Å². The maximum absolute atomic E-state index is 12.2. The van der Waals surface area contributed by atoms with Gasteiger partial charge >= 0.3 is 0 Å². The first-order chi connectivity index (χ1) is 12.8. The van der Waals surface area contributed by atoms with E-state index >= 15 is 0 Å². The van der Waals surface area contributed by atoms with Gasteiger partial charge < -0.3 is 20.1 Å². The van der Waals surface area contributed by atoms with Crippen LogP contribution in [-0.2, 0) is 11.2 Å². The van der Waals surface area contributed by atoms with Crippen molar-refractivity contribution < 1.29 is 14.3 Å². The number of nitrogens with one attached hydrogen (secondary N) is 2. The van der Waals surface area contributed by atoms with Crippen molar-refractivity contribution in [2.24, 2.45) is 5.92 Å². The van der Waals surface area contributed by atoms with Gasteiger partial charge in [-0.1, -0.05) is 0 Å². The Morgan fingerprint density at radius 1 is 1.35 bits per heavy atom. The Balaban J connectivity index is 1.28. The number of amides is 1. The van der Waals surface area contributed by atoms with Gasteiger partial charge in [0.15, 0.2) is 11.5 Å². The summed E-state index contributed by atoms with van der Waals surface area (Å²) in [4.78, 5) is 16.7. The van der Waals surface area contributed by atoms with E-state index in [0.29, 0.717) is 12.3 Å². The fourth-order valence-corrected chi connectivity index (χ4v) is 4.18. The van der Waals surface area contributed by atoms with Gasteiger partial charge in [0, 0.05) is 17.5 Å². The number of fused-ring (bicyclic) bond motifs is 1. The van der Waals surface area contributed by atoms with E-state index < -0.39 is 0 Å². The van der Waals surface area contributed by atoms with E-state index in [1.165, 1.54) is 12.8 Å². The maximum atomic E-state index is 12.2. The molecule has 2 aliphatic heterocycles. The molecule has 2 N–H and O–H groups in total. The topological polar surface area (TPSA) is 72.5 Å². The molecular formula is C19H23N3O3S. The second-order valence-electron chi connectivity index (χ2n) is 6.74. The highest BCUT2D eigenvalue weighted by Crippen LogP contribution is 2.36. The zero-order valence-electron chi connectivity index (χ0n) is 14.6. The molecule has 1 atom stereocenters. The van der Waals surface area contributed by atoms with Gasteiger partial charge in [0.05, 0.1) is 12.1 Å². The molecular weight excluding hydrogens is 350 g/mol. The summed E-state index contributed by atoms with van der Waals surface area (Å²) in [5.74, 6) is 2.23. The predicted octanol–water partition coefficient (Wildman–Crippen LogP) is 2.59. The van der Waals surface area contributed by atoms with Crippen molar-refractivity contribution in [1.29, 1.82) is 0 Å². The number of nitrogens with zero attached hydrogens (tertiary/aromatic N) is 1. The number of carbonyl (C=O) groups excluding carboxylic acids is 1. The van der Waals surface area contributed by atoms with E-state index in [-0.39, 0.29) is 12.7 Å². The van der Waals surface area contributed by atoms with Gasteiger partial charge in [0.1, 0.15) is 5.01 Å². The van der Waals surface area contributed by atoms with Gasteiger partial charge in [0.2, 0.25) is 12.7 Å². The SMILES string of the molecule is O=C(Cc1csc(-c2ccc3c(c2)OCO3)n1)NCCC1CCCNC1. The number of piperidine rings is 1. The molecule has 4 rings (SSSR count). The number of thiazole rings is 1. The molecule has 1 aromatic heterocycles. The molecule has 6 nitrogen and oxygen atoms in total. The molecule has 2 aliphatic rings. The van der Waals surface area contributed by atoms with E-state index in [4.69, 9.17) is 9.47 Å². The Morgan fingerprint density at radius 2 is 2.27 bits per heavy atom. The Bertz CT molecular complexity index is 771. The molecule has 1 amide bonds. The summed E-state index contributed by atoms with van der Waals surface area (Å²) in [5.41, 5.74) is 1.79. The highest BCUT2D eigenvalue weighted by molar-refractivity contribution is 7.13. The average molecular weight is 373 g/mol. The van der Waals surface area contributed by atoms with Crippen LogP contribution in [0.2, 0.25) is 0 Å². The number of benzene rings is 1. The molecule has 1 aromatic carbocycles. The highest BCUT2D eigenvalue weighted by Gasteiger charge is 2.16. The van der Waals surface area contributed by atoms with Crippen LogP contribution in [-0.4, -0.2) is 37.3 Å². The molecule has 0 bridgehead atoms. The molecule has 0 spiro atoms. The molecule has 0 saturated carbocycles. The van der Waals surface area contributed by atoms with E-state index in [0.717, 1.165) is 53.8 Å². The van der Waals surface area contributed by atoms with Crippen LogP contribution in [0.3, 0.4) is 0 Å². The molecule has 7 heteroatoms.